The number of hydrogen-bond acceptors (Lipinski definition) is 5. The van der Waals surface area contributed by atoms with Gasteiger partial charge < -0.3 is 20.1 Å². The SMILES string of the molecule is CCNC(=NCc1ccc(C)cc1OCCOC)NC[C@H]1CCCN1S(C)(=O)=O.I. The molecule has 0 radical (unpaired) electrons. The largest absolute Gasteiger partial charge is 0.491 e. The van der Waals surface area contributed by atoms with Crippen LogP contribution in [-0.4, -0.2) is 70.9 Å². The lowest BCUT2D eigenvalue weighted by atomic mass is 10.1. The fourth-order valence-electron chi connectivity index (χ4n) is 3.33. The second kappa shape index (κ2) is 13.3. The Morgan fingerprint density at radius 2 is 2.07 bits per heavy atom. The maximum Gasteiger partial charge on any atom is 0.211 e. The van der Waals surface area contributed by atoms with Gasteiger partial charge in [0.15, 0.2) is 5.96 Å². The lowest BCUT2D eigenvalue weighted by Gasteiger charge is -2.23. The summed E-state index contributed by atoms with van der Waals surface area (Å²) < 4.78 is 36.3. The molecule has 0 unspecified atom stereocenters. The van der Waals surface area contributed by atoms with Gasteiger partial charge in [0.25, 0.3) is 0 Å². The van der Waals surface area contributed by atoms with Crippen LogP contribution < -0.4 is 15.4 Å². The Hall–Kier alpha value is -1.11. The second-order valence-electron chi connectivity index (χ2n) is 7.20. The van der Waals surface area contributed by atoms with Gasteiger partial charge in [0.2, 0.25) is 10.0 Å². The van der Waals surface area contributed by atoms with Crippen molar-refractivity contribution < 1.29 is 17.9 Å². The molecule has 0 saturated carbocycles. The molecule has 10 heteroatoms. The molecule has 1 heterocycles. The van der Waals surface area contributed by atoms with Crippen LogP contribution in [0.15, 0.2) is 23.2 Å². The minimum Gasteiger partial charge on any atom is -0.491 e. The van der Waals surface area contributed by atoms with Crippen molar-refractivity contribution >= 4 is 40.0 Å². The fourth-order valence-corrected chi connectivity index (χ4v) is 4.51. The van der Waals surface area contributed by atoms with Gasteiger partial charge in [0.1, 0.15) is 12.4 Å². The van der Waals surface area contributed by atoms with E-state index in [0.717, 1.165) is 36.3 Å². The van der Waals surface area contributed by atoms with Crippen LogP contribution in [0, 0.1) is 6.92 Å². The first kappa shape index (κ1) is 26.9. The normalized spacial score (nSPS) is 17.5. The average Bonchev–Trinajstić information content (AvgIpc) is 3.14. The molecule has 30 heavy (non-hydrogen) atoms. The highest BCUT2D eigenvalue weighted by molar-refractivity contribution is 14.0. The number of ether oxygens (including phenoxy) is 2. The number of nitrogens with one attached hydrogen (secondary N) is 2. The van der Waals surface area contributed by atoms with Crippen LogP contribution in [0.4, 0.5) is 0 Å². The molecule has 1 aromatic carbocycles. The number of methoxy groups -OCH3 is 1. The first-order valence-corrected chi connectivity index (χ1v) is 11.9. The standard InChI is InChI=1S/C20H34N4O4S.HI/c1-5-21-20(23-15-18-7-6-10-24(18)29(4,25)26)22-14-17-9-8-16(2)13-19(17)28-12-11-27-3;/h8-9,13,18H,5-7,10-12,14-15H2,1-4H3,(H2,21,22,23);1H/t18-;/m1./s1. The first-order chi connectivity index (χ1) is 13.8. The quantitative estimate of drug-likeness (QED) is 0.199. The lowest BCUT2D eigenvalue weighted by molar-refractivity contribution is 0.145. The van der Waals surface area contributed by atoms with Crippen molar-refractivity contribution in [3.63, 3.8) is 0 Å². The Bertz CT molecular complexity index is 789. The number of hydrogen-bond donors (Lipinski definition) is 2. The molecule has 1 atom stereocenters. The fraction of sp³-hybridized carbons (Fsp3) is 0.650. The third kappa shape index (κ3) is 8.56. The molecular formula is C20H35IN4O4S. The average molecular weight is 554 g/mol. The van der Waals surface area contributed by atoms with E-state index in [-0.39, 0.29) is 30.0 Å². The Morgan fingerprint density at radius 3 is 2.73 bits per heavy atom. The van der Waals surface area contributed by atoms with E-state index in [0.29, 0.717) is 38.8 Å². The van der Waals surface area contributed by atoms with Crippen LogP contribution in [0.2, 0.25) is 0 Å². The van der Waals surface area contributed by atoms with Gasteiger partial charge in [0.05, 0.1) is 19.4 Å². The van der Waals surface area contributed by atoms with E-state index in [2.05, 4.69) is 15.6 Å². The van der Waals surface area contributed by atoms with Crippen molar-refractivity contribution in [3.8, 4) is 5.75 Å². The van der Waals surface area contributed by atoms with Crippen LogP contribution in [0.1, 0.15) is 30.9 Å². The minimum absolute atomic E-state index is 0. The van der Waals surface area contributed by atoms with Crippen molar-refractivity contribution in [2.45, 2.75) is 39.3 Å². The molecule has 0 aliphatic carbocycles. The molecule has 1 aliphatic heterocycles. The number of aliphatic imine (C=N–C) groups is 1. The van der Waals surface area contributed by atoms with Crippen molar-refractivity contribution in [1.29, 1.82) is 0 Å². The van der Waals surface area contributed by atoms with E-state index in [9.17, 15) is 8.42 Å². The molecular weight excluding hydrogens is 519 g/mol. The third-order valence-electron chi connectivity index (χ3n) is 4.77. The lowest BCUT2D eigenvalue weighted by Crippen LogP contribution is -2.46. The molecule has 0 spiro atoms. The van der Waals surface area contributed by atoms with E-state index >= 15 is 0 Å². The molecule has 8 nitrogen and oxygen atoms in total. The van der Waals surface area contributed by atoms with Crippen LogP contribution in [0.3, 0.4) is 0 Å². The van der Waals surface area contributed by atoms with Crippen LogP contribution in [0.5, 0.6) is 5.75 Å². The molecule has 0 bridgehead atoms. The zero-order valence-corrected chi connectivity index (χ0v) is 21.5. The van der Waals surface area contributed by atoms with Crippen molar-refractivity contribution in [2.24, 2.45) is 4.99 Å². The number of halogens is 1. The second-order valence-corrected chi connectivity index (χ2v) is 9.13. The van der Waals surface area contributed by atoms with Crippen LogP contribution >= 0.6 is 24.0 Å². The van der Waals surface area contributed by atoms with Crippen LogP contribution in [-0.2, 0) is 21.3 Å². The number of nitrogens with zero attached hydrogens (tertiary/aromatic N) is 2. The Balaban J connectivity index is 0.00000450. The summed E-state index contributed by atoms with van der Waals surface area (Å²) in [7, 11) is -1.53. The van der Waals surface area contributed by atoms with Gasteiger partial charge in [-0.05, 0) is 38.3 Å². The predicted molar refractivity (Wildman–Crippen MR) is 131 cm³/mol. The summed E-state index contributed by atoms with van der Waals surface area (Å²) >= 11 is 0. The van der Waals surface area contributed by atoms with Gasteiger partial charge in [0, 0.05) is 38.3 Å². The number of rotatable bonds is 10. The maximum absolute atomic E-state index is 11.9. The highest BCUT2D eigenvalue weighted by atomic mass is 127. The summed E-state index contributed by atoms with van der Waals surface area (Å²) in [5.74, 6) is 1.47. The highest BCUT2D eigenvalue weighted by Gasteiger charge is 2.31. The summed E-state index contributed by atoms with van der Waals surface area (Å²) in [6, 6.07) is 6.02. The highest BCUT2D eigenvalue weighted by Crippen LogP contribution is 2.22. The maximum atomic E-state index is 11.9. The Labute approximate surface area is 197 Å². The summed E-state index contributed by atoms with van der Waals surface area (Å²) in [5, 5.41) is 6.51. The monoisotopic (exact) mass is 554 g/mol. The summed E-state index contributed by atoms with van der Waals surface area (Å²) in [4.78, 5) is 4.67. The molecule has 1 saturated heterocycles. The number of sulfonamides is 1. The summed E-state index contributed by atoms with van der Waals surface area (Å²) in [5.41, 5.74) is 2.11. The minimum atomic E-state index is -3.18. The van der Waals surface area contributed by atoms with Crippen molar-refractivity contribution in [1.82, 2.24) is 14.9 Å². The summed E-state index contributed by atoms with van der Waals surface area (Å²) in [6.45, 7) is 7.33. The van der Waals surface area contributed by atoms with E-state index in [1.165, 1.54) is 6.26 Å². The zero-order chi connectivity index (χ0) is 21.3. The topological polar surface area (TPSA) is 92.3 Å². The van der Waals surface area contributed by atoms with Gasteiger partial charge in [-0.3, -0.25) is 0 Å². The molecule has 1 aliphatic rings. The Kier molecular flexibility index (Phi) is 12.0. The molecule has 1 aromatic rings. The van der Waals surface area contributed by atoms with E-state index in [1.807, 2.05) is 32.0 Å². The van der Waals surface area contributed by atoms with E-state index in [4.69, 9.17) is 9.47 Å². The van der Waals surface area contributed by atoms with Gasteiger partial charge in [-0.15, -0.1) is 24.0 Å². The molecule has 1 fully saturated rings. The summed E-state index contributed by atoms with van der Waals surface area (Å²) in [6.07, 6.45) is 3.01. The van der Waals surface area contributed by atoms with E-state index < -0.39 is 10.0 Å². The molecule has 2 N–H and O–H groups in total. The number of benzene rings is 1. The Morgan fingerprint density at radius 1 is 1.30 bits per heavy atom. The van der Waals surface area contributed by atoms with Crippen molar-refractivity contribution in [2.75, 3.05) is 46.2 Å². The third-order valence-corrected chi connectivity index (χ3v) is 6.11. The first-order valence-electron chi connectivity index (χ1n) is 10.1. The molecule has 0 amide bonds. The van der Waals surface area contributed by atoms with Gasteiger partial charge >= 0.3 is 0 Å². The molecule has 172 valence electrons. The van der Waals surface area contributed by atoms with Crippen LogP contribution in [0.25, 0.3) is 0 Å². The molecule has 2 rings (SSSR count). The smallest absolute Gasteiger partial charge is 0.211 e. The number of aryl methyl sites for hydroxylation is 1. The van der Waals surface area contributed by atoms with Gasteiger partial charge in [-0.25, -0.2) is 13.4 Å². The van der Waals surface area contributed by atoms with Crippen molar-refractivity contribution in [3.05, 3.63) is 29.3 Å². The van der Waals surface area contributed by atoms with Gasteiger partial charge in [-0.1, -0.05) is 12.1 Å². The zero-order valence-electron chi connectivity index (χ0n) is 18.3. The predicted octanol–water partition coefficient (Wildman–Crippen LogP) is 2.12. The molecule has 0 aromatic heterocycles. The van der Waals surface area contributed by atoms with Gasteiger partial charge in [-0.2, -0.15) is 4.31 Å². The van der Waals surface area contributed by atoms with E-state index in [1.54, 1.807) is 11.4 Å². The number of guanidine groups is 1.